The Morgan fingerprint density at radius 2 is 1.74 bits per heavy atom. The highest BCUT2D eigenvalue weighted by Crippen LogP contribution is 2.66. The Hall–Kier alpha value is -3.73. The highest BCUT2D eigenvalue weighted by Gasteiger charge is 2.54. The Bertz CT molecular complexity index is 1580. The van der Waals surface area contributed by atoms with E-state index in [0.29, 0.717) is 36.8 Å². The molecule has 0 aromatic heterocycles. The molecule has 2 heterocycles. The van der Waals surface area contributed by atoms with Crippen molar-refractivity contribution in [2.45, 2.75) is 84.0 Å². The number of benzene rings is 2. The summed E-state index contributed by atoms with van der Waals surface area (Å²) in [6.45, 7) is 5.91. The molecule has 4 rings (SSSR count). The standard InChI is InChI=1S/C34H42F2N3O7P/c1-5-45-47(44,46-6-2)34(35,36)27-15-13-23(14-16-27)21(3)18-28(40)19-26-12-11-24-8-7-9-25-20-29(39(31(24)25)33(26)43)32(42)38-22(4)10-17-30(37)41/h7-9,13-16,18,22,26,29H,5-6,10-12,17,19-20H2,1-4H3,(H2,37,41)(H,38,42)/b21-18+/t22-,26-,29+/m1/s1. The van der Waals surface area contributed by atoms with Crippen molar-refractivity contribution in [1.82, 2.24) is 5.32 Å². The first-order valence-electron chi connectivity index (χ1n) is 15.8. The Morgan fingerprint density at radius 3 is 2.36 bits per heavy atom. The van der Waals surface area contributed by atoms with E-state index in [1.807, 2.05) is 18.2 Å². The van der Waals surface area contributed by atoms with Crippen LogP contribution in [0.4, 0.5) is 14.5 Å². The van der Waals surface area contributed by atoms with Crippen LogP contribution in [0.15, 0.2) is 48.5 Å². The van der Waals surface area contributed by atoms with Crippen molar-refractivity contribution >= 4 is 42.4 Å². The maximum Gasteiger partial charge on any atom is 0.404 e. The summed E-state index contributed by atoms with van der Waals surface area (Å²) in [6, 6.07) is 9.65. The molecule has 0 unspecified atom stereocenters. The number of carbonyl (C=O) groups is 4. The Morgan fingerprint density at radius 1 is 1.11 bits per heavy atom. The summed E-state index contributed by atoms with van der Waals surface area (Å²) >= 11 is 0. The zero-order chi connectivity index (χ0) is 34.5. The van der Waals surface area contributed by atoms with Crippen molar-refractivity contribution in [3.63, 3.8) is 0 Å². The molecule has 3 atom stereocenters. The van der Waals surface area contributed by atoms with Crippen LogP contribution >= 0.6 is 7.60 Å². The second kappa shape index (κ2) is 15.0. The number of nitrogens with one attached hydrogen (secondary N) is 1. The number of halogens is 2. The topological polar surface area (TPSA) is 145 Å². The van der Waals surface area contributed by atoms with Gasteiger partial charge in [-0.25, -0.2) is 0 Å². The highest BCUT2D eigenvalue weighted by molar-refractivity contribution is 7.54. The monoisotopic (exact) mass is 673 g/mol. The third-order valence-corrected chi connectivity index (χ3v) is 10.6. The van der Waals surface area contributed by atoms with Crippen molar-refractivity contribution in [2.24, 2.45) is 11.7 Å². The van der Waals surface area contributed by atoms with Crippen LogP contribution in [0.5, 0.6) is 0 Å². The van der Waals surface area contributed by atoms with Gasteiger partial charge in [0.1, 0.15) is 6.04 Å². The molecular weight excluding hydrogens is 631 g/mol. The van der Waals surface area contributed by atoms with E-state index < -0.39 is 36.7 Å². The molecule has 3 N–H and O–H groups in total. The Balaban J connectivity index is 1.49. The lowest BCUT2D eigenvalue weighted by Gasteiger charge is -2.28. The normalized spacial score (nSPS) is 18.8. The summed E-state index contributed by atoms with van der Waals surface area (Å²) in [7, 11) is -4.77. The quantitative estimate of drug-likeness (QED) is 0.184. The molecule has 0 bridgehead atoms. The van der Waals surface area contributed by atoms with Crippen molar-refractivity contribution in [3.05, 3.63) is 70.8 Å². The number of anilines is 1. The van der Waals surface area contributed by atoms with Gasteiger partial charge in [0.05, 0.1) is 18.9 Å². The molecule has 2 aliphatic rings. The number of rotatable bonds is 15. The lowest BCUT2D eigenvalue weighted by Crippen LogP contribution is -2.51. The molecule has 2 aliphatic heterocycles. The third-order valence-electron chi connectivity index (χ3n) is 8.49. The molecule has 0 radical (unpaired) electrons. The van der Waals surface area contributed by atoms with Crippen LogP contribution in [0.3, 0.4) is 0 Å². The average molecular weight is 674 g/mol. The largest absolute Gasteiger partial charge is 0.404 e. The summed E-state index contributed by atoms with van der Waals surface area (Å²) in [5.74, 6) is -2.11. The molecule has 0 fully saturated rings. The first-order valence-corrected chi connectivity index (χ1v) is 17.4. The predicted octanol–water partition coefficient (Wildman–Crippen LogP) is 5.66. The minimum absolute atomic E-state index is 0.0958. The van der Waals surface area contributed by atoms with Gasteiger partial charge in [-0.15, -0.1) is 0 Å². The van der Waals surface area contributed by atoms with E-state index in [9.17, 15) is 23.7 Å². The lowest BCUT2D eigenvalue weighted by atomic mass is 9.92. The second-order valence-electron chi connectivity index (χ2n) is 12.0. The van der Waals surface area contributed by atoms with E-state index in [1.54, 1.807) is 13.8 Å². The highest BCUT2D eigenvalue weighted by atomic mass is 31.2. The molecular formula is C34H42F2N3O7P. The molecule has 2 aromatic carbocycles. The molecule has 0 aliphatic carbocycles. The zero-order valence-electron chi connectivity index (χ0n) is 27.1. The summed E-state index contributed by atoms with van der Waals surface area (Å²) in [4.78, 5) is 53.4. The number of alkyl halides is 2. The Kier molecular flexibility index (Phi) is 11.5. The summed E-state index contributed by atoms with van der Waals surface area (Å²) in [6.07, 6.45) is 3.08. The average Bonchev–Trinajstić information content (AvgIpc) is 3.36. The number of nitrogens with two attached hydrogens (primary N) is 1. The first-order chi connectivity index (χ1) is 22.2. The van der Waals surface area contributed by atoms with Gasteiger partial charge in [-0.3, -0.25) is 28.6 Å². The van der Waals surface area contributed by atoms with Crippen molar-refractivity contribution in [2.75, 3.05) is 18.1 Å². The molecule has 0 spiro atoms. The maximum atomic E-state index is 15.2. The fourth-order valence-corrected chi connectivity index (χ4v) is 7.66. The number of amides is 3. The number of para-hydroxylation sites is 1. The molecule has 3 amide bonds. The molecule has 254 valence electrons. The van der Waals surface area contributed by atoms with E-state index >= 15 is 8.78 Å². The van der Waals surface area contributed by atoms with Crippen LogP contribution in [0.2, 0.25) is 0 Å². The van der Waals surface area contributed by atoms with Gasteiger partial charge in [0.2, 0.25) is 17.7 Å². The van der Waals surface area contributed by atoms with E-state index in [2.05, 4.69) is 5.32 Å². The number of allylic oxidation sites excluding steroid dienone is 2. The van der Waals surface area contributed by atoms with E-state index in [1.165, 1.54) is 37.0 Å². The summed E-state index contributed by atoms with van der Waals surface area (Å²) < 4.78 is 52.8. The fraction of sp³-hybridized carbons (Fsp3) is 0.471. The summed E-state index contributed by atoms with van der Waals surface area (Å²) in [5, 5.41) is 2.90. The SMILES string of the molecule is CCOP(=O)(OCC)C(F)(F)c1ccc(/C(C)=C/C(=O)C[C@H]2CCc3cccc4c3N(C2=O)[C@H](C(=O)N[C@H](C)CCC(N)=O)C4)cc1. The number of ketones is 1. The number of primary amides is 1. The van der Waals surface area contributed by atoms with Crippen LogP contribution in [0, 0.1) is 5.92 Å². The number of hydrogen-bond acceptors (Lipinski definition) is 7. The maximum absolute atomic E-state index is 15.2. The van der Waals surface area contributed by atoms with Crippen LogP contribution in [0.1, 0.15) is 75.6 Å². The van der Waals surface area contributed by atoms with E-state index in [0.717, 1.165) is 28.9 Å². The van der Waals surface area contributed by atoms with Gasteiger partial charge in [-0.05, 0) is 75.3 Å². The Labute approximate surface area is 273 Å². The van der Waals surface area contributed by atoms with Crippen LogP contribution in [0.25, 0.3) is 5.57 Å². The minimum atomic E-state index is -4.77. The van der Waals surface area contributed by atoms with Crippen LogP contribution < -0.4 is 16.0 Å². The van der Waals surface area contributed by atoms with Gasteiger partial charge in [0.15, 0.2) is 5.78 Å². The number of hydrogen-bond donors (Lipinski definition) is 2. The number of aryl methyl sites for hydroxylation is 1. The third kappa shape index (κ3) is 7.88. The molecule has 0 saturated carbocycles. The van der Waals surface area contributed by atoms with Gasteiger partial charge in [0, 0.05) is 36.8 Å². The summed E-state index contributed by atoms with van der Waals surface area (Å²) in [5.41, 5.74) is 4.36. The van der Waals surface area contributed by atoms with Gasteiger partial charge >= 0.3 is 13.3 Å². The van der Waals surface area contributed by atoms with Crippen LogP contribution in [-0.2, 0) is 51.3 Å². The molecule has 13 heteroatoms. The van der Waals surface area contributed by atoms with Crippen molar-refractivity contribution < 1.29 is 41.6 Å². The lowest BCUT2D eigenvalue weighted by molar-refractivity contribution is -0.129. The molecule has 0 saturated heterocycles. The first kappa shape index (κ1) is 36.1. The van der Waals surface area contributed by atoms with Gasteiger partial charge in [-0.2, -0.15) is 8.78 Å². The van der Waals surface area contributed by atoms with E-state index in [4.69, 9.17) is 14.8 Å². The molecule has 47 heavy (non-hydrogen) atoms. The van der Waals surface area contributed by atoms with Gasteiger partial charge in [0.25, 0.3) is 0 Å². The molecule has 2 aromatic rings. The fourth-order valence-electron chi connectivity index (χ4n) is 6.12. The second-order valence-corrected chi connectivity index (χ2v) is 14.0. The molecule has 10 nitrogen and oxygen atoms in total. The zero-order valence-corrected chi connectivity index (χ0v) is 28.0. The van der Waals surface area contributed by atoms with Crippen LogP contribution in [-0.4, -0.2) is 48.8 Å². The van der Waals surface area contributed by atoms with E-state index in [-0.39, 0.29) is 49.7 Å². The number of nitrogens with zero attached hydrogens (tertiary/aromatic N) is 1. The van der Waals surface area contributed by atoms with Gasteiger partial charge < -0.3 is 20.1 Å². The van der Waals surface area contributed by atoms with Crippen molar-refractivity contribution in [1.29, 1.82) is 0 Å². The smallest absolute Gasteiger partial charge is 0.370 e. The minimum Gasteiger partial charge on any atom is -0.370 e. The predicted molar refractivity (Wildman–Crippen MR) is 174 cm³/mol. The van der Waals surface area contributed by atoms with Gasteiger partial charge in [-0.1, -0.05) is 42.5 Å². The number of carbonyl (C=O) groups excluding carboxylic acids is 4. The van der Waals surface area contributed by atoms with Crippen molar-refractivity contribution in [3.8, 4) is 0 Å².